The van der Waals surface area contributed by atoms with Crippen LogP contribution in [0.5, 0.6) is 11.5 Å². The van der Waals surface area contributed by atoms with Gasteiger partial charge in [0.05, 0.1) is 13.2 Å². The van der Waals surface area contributed by atoms with E-state index in [0.717, 1.165) is 59.3 Å². The summed E-state index contributed by atoms with van der Waals surface area (Å²) in [5, 5.41) is 2.12. The molecular formula is C22H28Br2O2. The van der Waals surface area contributed by atoms with E-state index in [1.165, 1.54) is 25.7 Å². The van der Waals surface area contributed by atoms with Crippen molar-refractivity contribution in [2.75, 3.05) is 23.9 Å². The van der Waals surface area contributed by atoms with Crippen molar-refractivity contribution in [3.63, 3.8) is 0 Å². The van der Waals surface area contributed by atoms with Gasteiger partial charge >= 0.3 is 0 Å². The maximum absolute atomic E-state index is 6.07. The Morgan fingerprint density at radius 1 is 0.538 bits per heavy atom. The number of unbranched alkanes of at least 4 members (excludes halogenated alkanes) is 4. The van der Waals surface area contributed by atoms with Crippen molar-refractivity contribution >= 4 is 31.9 Å². The predicted octanol–water partition coefficient (Wildman–Crippen LogP) is 7.24. The first-order valence-electron chi connectivity index (χ1n) is 9.42. The van der Waals surface area contributed by atoms with Gasteiger partial charge in [0.25, 0.3) is 0 Å². The molecule has 0 aliphatic carbocycles. The maximum atomic E-state index is 6.07. The summed E-state index contributed by atoms with van der Waals surface area (Å²) in [6, 6.07) is 16.5. The SMILES string of the molecule is BrCCCCCOc1ccccc1-c1ccccc1OCCCCCBr. The van der Waals surface area contributed by atoms with E-state index in [1.807, 2.05) is 24.3 Å². The predicted molar refractivity (Wildman–Crippen MR) is 118 cm³/mol. The number of rotatable bonds is 13. The first kappa shape index (κ1) is 21.3. The Morgan fingerprint density at radius 3 is 1.38 bits per heavy atom. The van der Waals surface area contributed by atoms with E-state index in [4.69, 9.17) is 9.47 Å². The smallest absolute Gasteiger partial charge is 0.127 e. The van der Waals surface area contributed by atoms with E-state index in [9.17, 15) is 0 Å². The van der Waals surface area contributed by atoms with Gasteiger partial charge < -0.3 is 9.47 Å². The Morgan fingerprint density at radius 2 is 0.962 bits per heavy atom. The number of benzene rings is 2. The molecule has 0 spiro atoms. The Balaban J connectivity index is 2.03. The highest BCUT2D eigenvalue weighted by Gasteiger charge is 2.11. The van der Waals surface area contributed by atoms with Crippen molar-refractivity contribution in [1.82, 2.24) is 0 Å². The van der Waals surface area contributed by atoms with E-state index in [1.54, 1.807) is 0 Å². The average Bonchev–Trinajstić information content (AvgIpc) is 2.68. The van der Waals surface area contributed by atoms with Crippen molar-refractivity contribution < 1.29 is 9.47 Å². The molecule has 0 aliphatic heterocycles. The molecule has 0 fully saturated rings. The van der Waals surface area contributed by atoms with Gasteiger partial charge in [0, 0.05) is 21.8 Å². The second kappa shape index (κ2) is 13.2. The molecule has 0 aliphatic rings. The zero-order valence-electron chi connectivity index (χ0n) is 15.3. The third-order valence-electron chi connectivity index (χ3n) is 4.14. The van der Waals surface area contributed by atoms with Gasteiger partial charge in [-0.3, -0.25) is 0 Å². The minimum atomic E-state index is 0.750. The van der Waals surface area contributed by atoms with Crippen LogP contribution in [-0.2, 0) is 0 Å². The summed E-state index contributed by atoms with van der Waals surface area (Å²) in [5.41, 5.74) is 2.20. The van der Waals surface area contributed by atoms with Gasteiger partial charge in [0.2, 0.25) is 0 Å². The van der Waals surface area contributed by atoms with Gasteiger partial charge in [-0.15, -0.1) is 0 Å². The zero-order valence-corrected chi connectivity index (χ0v) is 18.4. The van der Waals surface area contributed by atoms with Crippen molar-refractivity contribution in [3.05, 3.63) is 48.5 Å². The highest BCUT2D eigenvalue weighted by Crippen LogP contribution is 2.36. The summed E-state index contributed by atoms with van der Waals surface area (Å²) < 4.78 is 12.1. The second-order valence-corrected chi connectivity index (χ2v) is 7.77. The van der Waals surface area contributed by atoms with Crippen LogP contribution in [0.3, 0.4) is 0 Å². The summed E-state index contributed by atoms with van der Waals surface area (Å²) in [4.78, 5) is 0. The lowest BCUT2D eigenvalue weighted by atomic mass is 10.0. The summed E-state index contributed by atoms with van der Waals surface area (Å²) >= 11 is 6.95. The fourth-order valence-electron chi connectivity index (χ4n) is 2.74. The number of hydrogen-bond donors (Lipinski definition) is 0. The first-order chi connectivity index (χ1) is 12.9. The molecule has 2 nitrogen and oxygen atoms in total. The third kappa shape index (κ3) is 7.32. The molecule has 0 unspecified atom stereocenters. The number of alkyl halides is 2. The van der Waals surface area contributed by atoms with E-state index in [-0.39, 0.29) is 0 Å². The van der Waals surface area contributed by atoms with Crippen LogP contribution >= 0.6 is 31.9 Å². The van der Waals surface area contributed by atoms with Gasteiger partial charge in [-0.2, -0.15) is 0 Å². The molecule has 4 heteroatoms. The van der Waals surface area contributed by atoms with Crippen molar-refractivity contribution in [2.24, 2.45) is 0 Å². The number of halogens is 2. The first-order valence-corrected chi connectivity index (χ1v) is 11.7. The van der Waals surface area contributed by atoms with Crippen molar-refractivity contribution in [3.8, 4) is 22.6 Å². The van der Waals surface area contributed by atoms with E-state index in [0.29, 0.717) is 0 Å². The molecular weight excluding hydrogens is 456 g/mol. The summed E-state index contributed by atoms with van der Waals surface area (Å²) in [5.74, 6) is 1.86. The van der Waals surface area contributed by atoms with Crippen LogP contribution in [0.1, 0.15) is 38.5 Å². The Hall–Kier alpha value is -1.000. The molecule has 0 radical (unpaired) electrons. The van der Waals surface area contributed by atoms with E-state index >= 15 is 0 Å². The third-order valence-corrected chi connectivity index (χ3v) is 5.26. The van der Waals surface area contributed by atoms with E-state index < -0.39 is 0 Å². The zero-order chi connectivity index (χ0) is 18.5. The van der Waals surface area contributed by atoms with Crippen LogP contribution in [0, 0.1) is 0 Å². The van der Waals surface area contributed by atoms with Crippen LogP contribution in [0.2, 0.25) is 0 Å². The number of ether oxygens (including phenoxy) is 2. The Kier molecular flexibility index (Phi) is 10.8. The van der Waals surface area contributed by atoms with Crippen LogP contribution in [0.25, 0.3) is 11.1 Å². The van der Waals surface area contributed by atoms with Crippen LogP contribution in [0.15, 0.2) is 48.5 Å². The minimum absolute atomic E-state index is 0.750. The van der Waals surface area contributed by atoms with Crippen LogP contribution in [0.4, 0.5) is 0 Å². The highest BCUT2D eigenvalue weighted by molar-refractivity contribution is 9.09. The molecule has 0 N–H and O–H groups in total. The second-order valence-electron chi connectivity index (χ2n) is 6.19. The maximum Gasteiger partial charge on any atom is 0.127 e. The molecule has 0 atom stereocenters. The highest BCUT2D eigenvalue weighted by atomic mass is 79.9. The van der Waals surface area contributed by atoms with E-state index in [2.05, 4.69) is 56.1 Å². The lowest BCUT2D eigenvalue weighted by Gasteiger charge is -2.15. The summed E-state index contributed by atoms with van der Waals surface area (Å²) in [6.45, 7) is 1.50. The minimum Gasteiger partial charge on any atom is -0.493 e. The Bertz CT molecular complexity index is 576. The standard InChI is InChI=1S/C22H28Br2O2/c23-15-7-1-9-17-25-21-13-5-3-11-19(21)20-12-4-6-14-22(20)26-18-10-2-8-16-24/h3-6,11-14H,1-2,7-10,15-18H2. The lowest BCUT2D eigenvalue weighted by molar-refractivity contribution is 0.303. The molecule has 0 saturated carbocycles. The molecule has 2 aromatic rings. The van der Waals surface area contributed by atoms with Gasteiger partial charge in [-0.05, 0) is 50.7 Å². The molecule has 0 saturated heterocycles. The number of hydrogen-bond acceptors (Lipinski definition) is 2. The molecule has 0 amide bonds. The summed E-state index contributed by atoms with van der Waals surface area (Å²) in [7, 11) is 0. The topological polar surface area (TPSA) is 18.5 Å². The number of para-hydroxylation sites is 2. The molecule has 0 aromatic heterocycles. The molecule has 0 bridgehead atoms. The molecule has 2 rings (SSSR count). The van der Waals surface area contributed by atoms with Gasteiger partial charge in [-0.25, -0.2) is 0 Å². The summed E-state index contributed by atoms with van der Waals surface area (Å²) in [6.07, 6.45) is 6.90. The molecule has 0 heterocycles. The van der Waals surface area contributed by atoms with Crippen LogP contribution in [-0.4, -0.2) is 23.9 Å². The largest absolute Gasteiger partial charge is 0.493 e. The molecule has 2 aromatic carbocycles. The Labute approximate surface area is 174 Å². The quantitative estimate of drug-likeness (QED) is 0.221. The fraction of sp³-hybridized carbons (Fsp3) is 0.455. The lowest BCUT2D eigenvalue weighted by Crippen LogP contribution is -2.01. The van der Waals surface area contributed by atoms with Gasteiger partial charge in [0.1, 0.15) is 11.5 Å². The fourth-order valence-corrected chi connectivity index (χ4v) is 3.53. The monoisotopic (exact) mass is 482 g/mol. The average molecular weight is 484 g/mol. The van der Waals surface area contributed by atoms with Crippen molar-refractivity contribution in [1.29, 1.82) is 0 Å². The normalized spacial score (nSPS) is 10.7. The van der Waals surface area contributed by atoms with Gasteiger partial charge in [0.15, 0.2) is 0 Å². The van der Waals surface area contributed by atoms with Crippen molar-refractivity contribution in [2.45, 2.75) is 38.5 Å². The van der Waals surface area contributed by atoms with Crippen LogP contribution < -0.4 is 9.47 Å². The molecule has 26 heavy (non-hydrogen) atoms. The molecule has 142 valence electrons. The van der Waals surface area contributed by atoms with Gasteiger partial charge in [-0.1, -0.05) is 68.3 Å².